The van der Waals surface area contributed by atoms with Gasteiger partial charge in [-0.25, -0.2) is 0 Å². The van der Waals surface area contributed by atoms with Crippen molar-refractivity contribution in [3.8, 4) is 10.7 Å². The van der Waals surface area contributed by atoms with Crippen LogP contribution in [0, 0.1) is 0 Å². The van der Waals surface area contributed by atoms with E-state index in [-0.39, 0.29) is 5.41 Å². The van der Waals surface area contributed by atoms with Crippen molar-refractivity contribution in [3.63, 3.8) is 0 Å². The van der Waals surface area contributed by atoms with Crippen LogP contribution in [0.4, 0.5) is 0 Å². The number of hydrogen-bond acceptors (Lipinski definition) is 5. The Balaban J connectivity index is 1.92. The molecule has 0 bridgehead atoms. The topological polar surface area (TPSA) is 51.0 Å². The second-order valence-electron chi connectivity index (χ2n) is 4.81. The Morgan fingerprint density at radius 3 is 3.17 bits per heavy atom. The Labute approximate surface area is 110 Å². The highest BCUT2D eigenvalue weighted by atomic mass is 32.1. The molecule has 1 atom stereocenters. The normalized spacial score (nSPS) is 24.3. The molecule has 1 fully saturated rings. The van der Waals surface area contributed by atoms with Gasteiger partial charge in [0.25, 0.3) is 0 Å². The highest BCUT2D eigenvalue weighted by molar-refractivity contribution is 7.13. The molecule has 3 rings (SSSR count). The van der Waals surface area contributed by atoms with Crippen LogP contribution >= 0.6 is 11.3 Å². The van der Waals surface area contributed by atoms with Crippen LogP contribution in [-0.4, -0.2) is 23.2 Å². The zero-order valence-corrected chi connectivity index (χ0v) is 11.3. The molecular weight excluding hydrogens is 246 g/mol. The van der Waals surface area contributed by atoms with Crippen LogP contribution in [0.5, 0.6) is 0 Å². The monoisotopic (exact) mass is 263 g/mol. The number of nitrogens with zero attached hydrogens (tertiary/aromatic N) is 2. The average molecular weight is 263 g/mol. The van der Waals surface area contributed by atoms with E-state index in [2.05, 4.69) is 22.4 Å². The fourth-order valence-electron chi connectivity index (χ4n) is 2.55. The lowest BCUT2D eigenvalue weighted by atomic mass is 9.78. The average Bonchev–Trinajstić information content (AvgIpc) is 3.10. The Hall–Kier alpha value is -1.20. The van der Waals surface area contributed by atoms with Crippen molar-refractivity contribution >= 4 is 11.3 Å². The highest BCUT2D eigenvalue weighted by Crippen LogP contribution is 2.34. The minimum atomic E-state index is 0.0285. The van der Waals surface area contributed by atoms with Crippen LogP contribution in [-0.2, 0) is 5.41 Å². The molecule has 0 spiro atoms. The number of aromatic nitrogens is 2. The molecule has 0 aliphatic carbocycles. The quantitative estimate of drug-likeness (QED) is 0.925. The summed E-state index contributed by atoms with van der Waals surface area (Å²) in [4.78, 5) is 5.68. The van der Waals surface area contributed by atoms with Crippen LogP contribution in [0.3, 0.4) is 0 Å². The fraction of sp³-hybridized carbons (Fsp3) is 0.538. The summed E-state index contributed by atoms with van der Waals surface area (Å²) in [6.07, 6.45) is 3.33. The van der Waals surface area contributed by atoms with Crippen LogP contribution in [0.15, 0.2) is 22.0 Å². The van der Waals surface area contributed by atoms with Gasteiger partial charge >= 0.3 is 0 Å². The molecule has 3 heterocycles. The molecule has 1 saturated heterocycles. The third-order valence-corrected chi connectivity index (χ3v) is 4.64. The van der Waals surface area contributed by atoms with Gasteiger partial charge in [0.05, 0.1) is 10.3 Å². The van der Waals surface area contributed by atoms with Gasteiger partial charge in [-0.1, -0.05) is 18.1 Å². The van der Waals surface area contributed by atoms with Gasteiger partial charge in [-0.3, -0.25) is 0 Å². The van der Waals surface area contributed by atoms with Crippen molar-refractivity contribution in [2.24, 2.45) is 0 Å². The molecule has 1 N–H and O–H groups in total. The molecule has 4 nitrogen and oxygen atoms in total. The van der Waals surface area contributed by atoms with Crippen LogP contribution in [0.25, 0.3) is 10.7 Å². The molecular formula is C13H17N3OS. The lowest BCUT2D eigenvalue weighted by Gasteiger charge is -2.33. The molecule has 18 heavy (non-hydrogen) atoms. The van der Waals surface area contributed by atoms with E-state index in [0.29, 0.717) is 0 Å². The third kappa shape index (κ3) is 1.97. The first-order chi connectivity index (χ1) is 8.84. The van der Waals surface area contributed by atoms with Crippen molar-refractivity contribution in [2.75, 3.05) is 13.1 Å². The van der Waals surface area contributed by atoms with E-state index in [1.54, 1.807) is 11.3 Å². The first kappa shape index (κ1) is 11.9. The van der Waals surface area contributed by atoms with E-state index in [1.165, 1.54) is 6.42 Å². The lowest BCUT2D eigenvalue weighted by molar-refractivity contribution is 0.221. The summed E-state index contributed by atoms with van der Waals surface area (Å²) in [5.74, 6) is 1.51. The van der Waals surface area contributed by atoms with Gasteiger partial charge in [0, 0.05) is 6.54 Å². The smallest absolute Gasteiger partial charge is 0.234 e. The van der Waals surface area contributed by atoms with Crippen LogP contribution in [0.1, 0.15) is 32.1 Å². The van der Waals surface area contributed by atoms with Crippen molar-refractivity contribution in [1.82, 2.24) is 15.5 Å². The maximum absolute atomic E-state index is 5.53. The van der Waals surface area contributed by atoms with E-state index in [1.807, 2.05) is 17.5 Å². The van der Waals surface area contributed by atoms with Crippen molar-refractivity contribution in [2.45, 2.75) is 31.6 Å². The van der Waals surface area contributed by atoms with Gasteiger partial charge in [0.15, 0.2) is 0 Å². The third-order valence-electron chi connectivity index (χ3n) is 3.77. The highest BCUT2D eigenvalue weighted by Gasteiger charge is 2.37. The van der Waals surface area contributed by atoms with E-state index >= 15 is 0 Å². The largest absolute Gasteiger partial charge is 0.338 e. The zero-order chi connectivity index (χ0) is 12.4. The molecule has 0 saturated carbocycles. The first-order valence-electron chi connectivity index (χ1n) is 6.43. The van der Waals surface area contributed by atoms with Gasteiger partial charge in [0.1, 0.15) is 0 Å². The molecule has 96 valence electrons. The number of hydrogen-bond donors (Lipinski definition) is 1. The van der Waals surface area contributed by atoms with Crippen LogP contribution < -0.4 is 5.32 Å². The van der Waals surface area contributed by atoms with E-state index in [4.69, 9.17) is 4.52 Å². The molecule has 5 heteroatoms. The first-order valence-corrected chi connectivity index (χ1v) is 7.31. The maximum Gasteiger partial charge on any atom is 0.234 e. The summed E-state index contributed by atoms with van der Waals surface area (Å²) in [7, 11) is 0. The number of nitrogens with one attached hydrogen (secondary N) is 1. The van der Waals surface area contributed by atoms with Gasteiger partial charge in [-0.05, 0) is 37.3 Å². The van der Waals surface area contributed by atoms with E-state index < -0.39 is 0 Å². The Bertz CT molecular complexity index is 500. The summed E-state index contributed by atoms with van der Waals surface area (Å²) >= 11 is 1.64. The molecule has 0 radical (unpaired) electrons. The molecule has 0 aromatic carbocycles. The summed E-state index contributed by atoms with van der Waals surface area (Å²) in [5, 5.41) is 9.60. The molecule has 1 aliphatic heterocycles. The maximum atomic E-state index is 5.53. The van der Waals surface area contributed by atoms with Crippen LogP contribution in [0.2, 0.25) is 0 Å². The Kier molecular flexibility index (Phi) is 3.18. The van der Waals surface area contributed by atoms with E-state index in [0.717, 1.165) is 42.5 Å². The van der Waals surface area contributed by atoms with Crippen molar-refractivity contribution in [1.29, 1.82) is 0 Å². The van der Waals surface area contributed by atoms with Crippen molar-refractivity contribution < 1.29 is 4.52 Å². The number of thiophene rings is 1. The van der Waals surface area contributed by atoms with Gasteiger partial charge < -0.3 is 9.84 Å². The molecule has 2 aromatic rings. The predicted octanol–water partition coefficient (Wildman–Crippen LogP) is 2.83. The second kappa shape index (κ2) is 4.82. The summed E-state index contributed by atoms with van der Waals surface area (Å²) in [6, 6.07) is 4.03. The molecule has 0 amide bonds. The van der Waals surface area contributed by atoms with Crippen molar-refractivity contribution in [3.05, 3.63) is 23.4 Å². The summed E-state index contributed by atoms with van der Waals surface area (Å²) in [5.41, 5.74) is 0.0285. The SMILES string of the molecule is CCC1(c2nc(-c3cccs3)no2)CCCNC1. The number of piperidine rings is 1. The second-order valence-corrected chi connectivity index (χ2v) is 5.76. The Morgan fingerprint density at radius 2 is 2.50 bits per heavy atom. The fourth-order valence-corrected chi connectivity index (χ4v) is 3.20. The zero-order valence-electron chi connectivity index (χ0n) is 10.5. The molecule has 2 aromatic heterocycles. The minimum absolute atomic E-state index is 0.0285. The summed E-state index contributed by atoms with van der Waals surface area (Å²) in [6.45, 7) is 4.23. The van der Waals surface area contributed by atoms with Gasteiger partial charge in [0.2, 0.25) is 11.7 Å². The molecule has 1 unspecified atom stereocenters. The van der Waals surface area contributed by atoms with Gasteiger partial charge in [-0.2, -0.15) is 4.98 Å². The van der Waals surface area contributed by atoms with Gasteiger partial charge in [-0.15, -0.1) is 11.3 Å². The number of rotatable bonds is 3. The predicted molar refractivity (Wildman–Crippen MR) is 71.7 cm³/mol. The minimum Gasteiger partial charge on any atom is -0.338 e. The molecule has 1 aliphatic rings. The standard InChI is InChI=1S/C13H17N3OS/c1-2-13(6-4-7-14-9-13)12-15-11(16-17-12)10-5-3-8-18-10/h3,5,8,14H,2,4,6-7,9H2,1H3. The van der Waals surface area contributed by atoms with E-state index in [9.17, 15) is 0 Å². The lowest BCUT2D eigenvalue weighted by Crippen LogP contribution is -2.43. The Morgan fingerprint density at radius 1 is 1.56 bits per heavy atom. The summed E-state index contributed by atoms with van der Waals surface area (Å²) < 4.78 is 5.53.